The van der Waals surface area contributed by atoms with Gasteiger partial charge in [0.05, 0.1) is 14.2 Å². The lowest BCUT2D eigenvalue weighted by atomic mass is 9.94. The highest BCUT2D eigenvalue weighted by molar-refractivity contribution is 5.37. The Hall–Kier alpha value is -1.10. The molecule has 1 aromatic rings. The third-order valence-electron chi connectivity index (χ3n) is 4.73. The molecular formula is C15H26N3O+3. The molecule has 19 heavy (non-hydrogen) atoms. The molecule has 0 spiro atoms. The van der Waals surface area contributed by atoms with E-state index in [9.17, 15) is 0 Å². The van der Waals surface area contributed by atoms with E-state index in [0.717, 1.165) is 12.3 Å². The largest absolute Gasteiger partial charge is 0.497 e. The van der Waals surface area contributed by atoms with E-state index >= 15 is 0 Å². The Morgan fingerprint density at radius 3 is 2.74 bits per heavy atom. The van der Waals surface area contributed by atoms with E-state index < -0.39 is 0 Å². The van der Waals surface area contributed by atoms with E-state index in [0.29, 0.717) is 6.04 Å². The van der Waals surface area contributed by atoms with Crippen molar-refractivity contribution >= 4 is 0 Å². The first kappa shape index (κ1) is 12.9. The Labute approximate surface area is 115 Å². The number of ether oxygens (including phenoxy) is 1. The van der Waals surface area contributed by atoms with Crippen LogP contribution in [0.5, 0.6) is 5.75 Å². The second kappa shape index (κ2) is 5.49. The van der Waals surface area contributed by atoms with Crippen molar-refractivity contribution in [1.82, 2.24) is 0 Å². The number of methoxy groups -OCH3 is 1. The van der Waals surface area contributed by atoms with Gasteiger partial charge in [-0.3, -0.25) is 0 Å². The fourth-order valence-electron chi connectivity index (χ4n) is 3.48. The van der Waals surface area contributed by atoms with E-state index in [1.807, 2.05) is 0 Å². The van der Waals surface area contributed by atoms with Crippen LogP contribution >= 0.6 is 0 Å². The van der Waals surface area contributed by atoms with Crippen molar-refractivity contribution in [2.45, 2.75) is 12.6 Å². The van der Waals surface area contributed by atoms with Crippen LogP contribution in [0.2, 0.25) is 0 Å². The van der Waals surface area contributed by atoms with Gasteiger partial charge in [-0.05, 0) is 18.2 Å². The SMILES string of the molecule is COc1ccc2c(c1)[C@H]([NH+]1CC[NH+](C)CC1)C[NH2+]C2. The molecule has 4 nitrogen and oxygen atoms in total. The summed E-state index contributed by atoms with van der Waals surface area (Å²) in [4.78, 5) is 3.44. The van der Waals surface area contributed by atoms with Crippen LogP contribution in [0.1, 0.15) is 17.2 Å². The van der Waals surface area contributed by atoms with Crippen molar-refractivity contribution < 1.29 is 19.9 Å². The second-order valence-corrected chi connectivity index (χ2v) is 5.96. The molecule has 0 aliphatic carbocycles. The Morgan fingerprint density at radius 2 is 2.00 bits per heavy atom. The van der Waals surface area contributed by atoms with Gasteiger partial charge >= 0.3 is 0 Å². The normalized spacial score (nSPS) is 30.7. The Balaban J connectivity index is 1.84. The second-order valence-electron chi connectivity index (χ2n) is 5.96. The van der Waals surface area contributed by atoms with Gasteiger partial charge in [-0.1, -0.05) is 0 Å². The number of hydrogen-bond acceptors (Lipinski definition) is 1. The summed E-state index contributed by atoms with van der Waals surface area (Å²) >= 11 is 0. The Kier molecular flexibility index (Phi) is 3.73. The maximum Gasteiger partial charge on any atom is 0.164 e. The zero-order chi connectivity index (χ0) is 13.2. The highest BCUT2D eigenvalue weighted by atomic mass is 16.5. The number of hydrogen-bond donors (Lipinski definition) is 3. The van der Waals surface area contributed by atoms with Crippen LogP contribution in [-0.4, -0.2) is 46.9 Å². The molecule has 4 heteroatoms. The van der Waals surface area contributed by atoms with Crippen LogP contribution in [0.15, 0.2) is 18.2 Å². The predicted molar refractivity (Wildman–Crippen MR) is 73.5 cm³/mol. The average Bonchev–Trinajstić information content (AvgIpc) is 2.47. The van der Waals surface area contributed by atoms with Crippen molar-refractivity contribution in [2.75, 3.05) is 46.9 Å². The zero-order valence-electron chi connectivity index (χ0n) is 12.0. The summed E-state index contributed by atoms with van der Waals surface area (Å²) < 4.78 is 5.41. The Morgan fingerprint density at radius 1 is 1.21 bits per heavy atom. The molecule has 4 N–H and O–H groups in total. The van der Waals surface area contributed by atoms with Crippen LogP contribution in [0.25, 0.3) is 0 Å². The third-order valence-corrected chi connectivity index (χ3v) is 4.73. The average molecular weight is 264 g/mol. The third kappa shape index (κ3) is 2.61. The standard InChI is InChI=1S/C15H23N3O/c1-17-5-7-18(8-6-17)15-11-16-10-12-3-4-13(19-2)9-14(12)15/h3-4,9,15-16H,5-8,10-11H2,1-2H3/p+3/t15-/m1/s1. The van der Waals surface area contributed by atoms with E-state index in [1.54, 1.807) is 16.9 Å². The monoisotopic (exact) mass is 264 g/mol. The summed E-state index contributed by atoms with van der Waals surface area (Å²) in [6.07, 6.45) is 0. The molecule has 0 bridgehead atoms. The molecule has 2 aliphatic heterocycles. The zero-order valence-corrected chi connectivity index (χ0v) is 12.0. The number of piperazine rings is 1. The lowest BCUT2D eigenvalue weighted by Gasteiger charge is -2.35. The highest BCUT2D eigenvalue weighted by Gasteiger charge is 2.34. The molecule has 1 atom stereocenters. The molecule has 2 aliphatic rings. The van der Waals surface area contributed by atoms with Crippen molar-refractivity contribution in [3.8, 4) is 5.75 Å². The number of quaternary nitrogens is 3. The molecule has 2 heterocycles. The lowest BCUT2D eigenvalue weighted by molar-refractivity contribution is -1.03. The molecule has 0 amide bonds. The van der Waals surface area contributed by atoms with Crippen molar-refractivity contribution in [1.29, 1.82) is 0 Å². The van der Waals surface area contributed by atoms with Crippen LogP contribution in [0.3, 0.4) is 0 Å². The van der Waals surface area contributed by atoms with Gasteiger partial charge in [0.25, 0.3) is 0 Å². The van der Waals surface area contributed by atoms with Crippen LogP contribution < -0.4 is 19.9 Å². The van der Waals surface area contributed by atoms with Crippen LogP contribution in [0, 0.1) is 0 Å². The van der Waals surface area contributed by atoms with Crippen LogP contribution in [0.4, 0.5) is 0 Å². The topological polar surface area (TPSA) is 34.7 Å². The summed E-state index contributed by atoms with van der Waals surface area (Å²) in [5, 5.41) is 2.46. The first-order chi connectivity index (χ1) is 9.28. The van der Waals surface area contributed by atoms with E-state index in [-0.39, 0.29) is 0 Å². The van der Waals surface area contributed by atoms with E-state index in [1.165, 1.54) is 43.9 Å². The number of benzene rings is 1. The minimum Gasteiger partial charge on any atom is -0.497 e. The molecule has 1 aromatic carbocycles. The van der Waals surface area contributed by atoms with Gasteiger partial charge in [0.2, 0.25) is 0 Å². The van der Waals surface area contributed by atoms with Gasteiger partial charge in [0.1, 0.15) is 45.0 Å². The predicted octanol–water partition coefficient (Wildman–Crippen LogP) is -2.77. The molecule has 0 radical (unpaired) electrons. The maximum absolute atomic E-state index is 5.41. The first-order valence-electron chi connectivity index (χ1n) is 7.42. The Bertz CT molecular complexity index is 441. The van der Waals surface area contributed by atoms with Gasteiger partial charge in [-0.15, -0.1) is 0 Å². The molecule has 1 fully saturated rings. The van der Waals surface area contributed by atoms with E-state index in [4.69, 9.17) is 4.74 Å². The smallest absolute Gasteiger partial charge is 0.164 e. The summed E-state index contributed by atoms with van der Waals surface area (Å²) in [5.74, 6) is 1.00. The highest BCUT2D eigenvalue weighted by Crippen LogP contribution is 2.23. The number of rotatable bonds is 2. The minimum absolute atomic E-state index is 0.645. The number of nitrogens with two attached hydrogens (primary N) is 1. The van der Waals surface area contributed by atoms with E-state index in [2.05, 4.69) is 30.6 Å². The van der Waals surface area contributed by atoms with Gasteiger partial charge in [-0.25, -0.2) is 0 Å². The molecule has 104 valence electrons. The molecule has 1 saturated heterocycles. The first-order valence-corrected chi connectivity index (χ1v) is 7.42. The summed E-state index contributed by atoms with van der Waals surface area (Å²) in [5.41, 5.74) is 3.02. The van der Waals surface area contributed by atoms with Gasteiger partial charge in [0, 0.05) is 11.1 Å². The molecular weight excluding hydrogens is 238 g/mol. The molecule has 0 aromatic heterocycles. The number of fused-ring (bicyclic) bond motifs is 1. The van der Waals surface area contributed by atoms with Gasteiger partial charge in [-0.2, -0.15) is 0 Å². The van der Waals surface area contributed by atoms with Crippen molar-refractivity contribution in [3.05, 3.63) is 29.3 Å². The fourth-order valence-corrected chi connectivity index (χ4v) is 3.48. The molecule has 0 saturated carbocycles. The lowest BCUT2D eigenvalue weighted by Crippen LogP contribution is -3.28. The quantitative estimate of drug-likeness (QED) is 0.531. The van der Waals surface area contributed by atoms with Crippen LogP contribution in [-0.2, 0) is 6.54 Å². The number of nitrogens with one attached hydrogen (secondary N) is 2. The molecule has 3 rings (SSSR count). The minimum atomic E-state index is 0.645. The fraction of sp³-hybridized carbons (Fsp3) is 0.600. The number of likely N-dealkylation sites (N-methyl/N-ethyl adjacent to an activating group) is 1. The molecule has 0 unspecified atom stereocenters. The maximum atomic E-state index is 5.41. The summed E-state index contributed by atoms with van der Waals surface area (Å²) in [7, 11) is 4.07. The van der Waals surface area contributed by atoms with Gasteiger partial charge in [0.15, 0.2) is 6.04 Å². The van der Waals surface area contributed by atoms with Crippen molar-refractivity contribution in [2.24, 2.45) is 0 Å². The summed E-state index contributed by atoms with van der Waals surface area (Å²) in [6, 6.07) is 7.26. The summed E-state index contributed by atoms with van der Waals surface area (Å²) in [6.45, 7) is 7.51. The van der Waals surface area contributed by atoms with Crippen molar-refractivity contribution in [3.63, 3.8) is 0 Å². The van der Waals surface area contributed by atoms with Gasteiger partial charge < -0.3 is 19.9 Å².